The van der Waals surface area contributed by atoms with Crippen molar-refractivity contribution in [3.8, 4) is 0 Å². The van der Waals surface area contributed by atoms with Gasteiger partial charge in [0.25, 0.3) is 0 Å². The summed E-state index contributed by atoms with van der Waals surface area (Å²) in [6.07, 6.45) is 2.78. The molecule has 0 aliphatic rings. The van der Waals surface area contributed by atoms with Crippen molar-refractivity contribution in [2.45, 2.75) is 6.42 Å². The second-order valence-corrected chi connectivity index (χ2v) is 5.07. The molecule has 4 heteroatoms. The summed E-state index contributed by atoms with van der Waals surface area (Å²) in [6, 6.07) is 18.3. The fourth-order valence-corrected chi connectivity index (χ4v) is 2.63. The van der Waals surface area contributed by atoms with E-state index >= 15 is 0 Å². The number of anilines is 1. The number of para-hydroxylation sites is 2. The maximum Gasteiger partial charge on any atom is 0.180 e. The molecule has 0 saturated heterocycles. The molecule has 4 nitrogen and oxygen atoms in total. The highest BCUT2D eigenvalue weighted by molar-refractivity contribution is 5.83. The van der Waals surface area contributed by atoms with Gasteiger partial charge < -0.3 is 5.73 Å². The van der Waals surface area contributed by atoms with Crippen molar-refractivity contribution in [2.24, 2.45) is 0 Å². The van der Waals surface area contributed by atoms with Crippen LogP contribution >= 0.6 is 0 Å². The second-order valence-electron chi connectivity index (χ2n) is 5.07. The number of hydrogen-bond donors (Lipinski definition) is 1. The summed E-state index contributed by atoms with van der Waals surface area (Å²) in [6.45, 7) is 0. The van der Waals surface area contributed by atoms with Crippen LogP contribution in [0.4, 0.5) is 5.82 Å². The van der Waals surface area contributed by atoms with Crippen LogP contribution in [0.2, 0.25) is 0 Å². The van der Waals surface area contributed by atoms with E-state index in [1.807, 2.05) is 53.1 Å². The average molecular weight is 274 g/mol. The van der Waals surface area contributed by atoms with Gasteiger partial charge in [-0.3, -0.25) is 4.40 Å². The molecule has 2 aromatic heterocycles. The number of fused-ring (bicyclic) bond motifs is 3. The van der Waals surface area contributed by atoms with E-state index in [9.17, 15) is 0 Å². The molecule has 0 amide bonds. The zero-order valence-corrected chi connectivity index (χ0v) is 11.4. The van der Waals surface area contributed by atoms with E-state index in [2.05, 4.69) is 22.1 Å². The molecule has 0 fully saturated rings. The topological polar surface area (TPSA) is 56.2 Å². The van der Waals surface area contributed by atoms with Crippen molar-refractivity contribution < 1.29 is 0 Å². The highest BCUT2D eigenvalue weighted by Crippen LogP contribution is 2.20. The van der Waals surface area contributed by atoms with E-state index in [4.69, 9.17) is 5.73 Å². The van der Waals surface area contributed by atoms with Gasteiger partial charge in [-0.2, -0.15) is 0 Å². The Labute approximate surface area is 121 Å². The van der Waals surface area contributed by atoms with E-state index in [1.54, 1.807) is 0 Å². The van der Waals surface area contributed by atoms with Crippen LogP contribution in [0.5, 0.6) is 0 Å². The third-order valence-corrected chi connectivity index (χ3v) is 3.60. The Morgan fingerprint density at radius 3 is 2.52 bits per heavy atom. The van der Waals surface area contributed by atoms with Gasteiger partial charge in [0.05, 0.1) is 16.7 Å². The van der Waals surface area contributed by atoms with Gasteiger partial charge in [0.1, 0.15) is 0 Å². The van der Waals surface area contributed by atoms with Crippen molar-refractivity contribution in [3.05, 3.63) is 72.1 Å². The van der Waals surface area contributed by atoms with E-state index < -0.39 is 0 Å². The van der Waals surface area contributed by atoms with Crippen molar-refractivity contribution in [1.82, 2.24) is 14.4 Å². The lowest BCUT2D eigenvalue weighted by Crippen LogP contribution is -2.02. The molecule has 2 aromatic carbocycles. The van der Waals surface area contributed by atoms with E-state index in [-0.39, 0.29) is 0 Å². The molecule has 0 atom stereocenters. The van der Waals surface area contributed by atoms with Gasteiger partial charge in [-0.05, 0) is 17.7 Å². The SMILES string of the molecule is Nc1nc(Cc2ccccc2)cn2c1nc1ccccc12. The molecule has 21 heavy (non-hydrogen) atoms. The molecule has 4 rings (SSSR count). The summed E-state index contributed by atoms with van der Waals surface area (Å²) in [5, 5.41) is 0. The molecule has 4 aromatic rings. The molecule has 0 spiro atoms. The Bertz CT molecular complexity index is 925. The second kappa shape index (κ2) is 4.59. The summed E-state index contributed by atoms with van der Waals surface area (Å²) in [4.78, 5) is 9.02. The minimum Gasteiger partial charge on any atom is -0.381 e. The van der Waals surface area contributed by atoms with Gasteiger partial charge in [0, 0.05) is 12.6 Å². The molecule has 2 heterocycles. The lowest BCUT2D eigenvalue weighted by atomic mass is 10.1. The van der Waals surface area contributed by atoms with Crippen LogP contribution in [-0.2, 0) is 6.42 Å². The van der Waals surface area contributed by atoms with Crippen molar-refractivity contribution in [2.75, 3.05) is 5.73 Å². The maximum absolute atomic E-state index is 6.08. The Kier molecular flexibility index (Phi) is 2.60. The predicted molar refractivity (Wildman–Crippen MR) is 84.2 cm³/mol. The van der Waals surface area contributed by atoms with Crippen molar-refractivity contribution >= 4 is 22.5 Å². The van der Waals surface area contributed by atoms with Crippen LogP contribution in [-0.4, -0.2) is 14.4 Å². The quantitative estimate of drug-likeness (QED) is 0.611. The normalized spacial score (nSPS) is 11.2. The Balaban J connectivity index is 1.89. The van der Waals surface area contributed by atoms with Gasteiger partial charge >= 0.3 is 0 Å². The lowest BCUT2D eigenvalue weighted by molar-refractivity contribution is 1.02. The standard InChI is InChI=1S/C17H14N4/c18-16-17-20-14-8-4-5-9-15(14)21(17)11-13(19-16)10-12-6-2-1-3-7-12/h1-9,11H,10H2,(H2,18,19). The van der Waals surface area contributed by atoms with E-state index in [0.29, 0.717) is 11.5 Å². The van der Waals surface area contributed by atoms with Gasteiger partial charge in [0.15, 0.2) is 11.5 Å². The first-order valence-corrected chi connectivity index (χ1v) is 6.87. The summed E-state index contributed by atoms with van der Waals surface area (Å²) in [5.74, 6) is 0.472. The van der Waals surface area contributed by atoms with E-state index in [1.165, 1.54) is 5.56 Å². The molecular weight excluding hydrogens is 260 g/mol. The molecule has 0 saturated carbocycles. The summed E-state index contributed by atoms with van der Waals surface area (Å²) >= 11 is 0. The Morgan fingerprint density at radius 1 is 0.905 bits per heavy atom. The summed E-state index contributed by atoms with van der Waals surface area (Å²) < 4.78 is 2.02. The molecule has 2 N–H and O–H groups in total. The fourth-order valence-electron chi connectivity index (χ4n) is 2.63. The first-order chi connectivity index (χ1) is 10.3. The third-order valence-electron chi connectivity index (χ3n) is 3.60. The molecule has 0 unspecified atom stereocenters. The molecule has 0 radical (unpaired) electrons. The minimum absolute atomic E-state index is 0.472. The molecule has 0 bridgehead atoms. The largest absolute Gasteiger partial charge is 0.381 e. The van der Waals surface area contributed by atoms with Gasteiger partial charge in [-0.15, -0.1) is 0 Å². The first kappa shape index (κ1) is 11.9. The van der Waals surface area contributed by atoms with Crippen LogP contribution in [0.3, 0.4) is 0 Å². The van der Waals surface area contributed by atoms with Gasteiger partial charge in [-0.25, -0.2) is 9.97 Å². The molecule has 102 valence electrons. The Morgan fingerprint density at radius 2 is 1.67 bits per heavy atom. The van der Waals surface area contributed by atoms with E-state index in [0.717, 1.165) is 23.1 Å². The fraction of sp³-hybridized carbons (Fsp3) is 0.0588. The summed E-state index contributed by atoms with van der Waals surface area (Å²) in [7, 11) is 0. The lowest BCUT2D eigenvalue weighted by Gasteiger charge is -2.05. The first-order valence-electron chi connectivity index (χ1n) is 6.87. The molecule has 0 aliphatic heterocycles. The number of hydrogen-bond acceptors (Lipinski definition) is 3. The molecular formula is C17H14N4. The highest BCUT2D eigenvalue weighted by atomic mass is 15.1. The average Bonchev–Trinajstić information content (AvgIpc) is 2.88. The maximum atomic E-state index is 6.08. The summed E-state index contributed by atoms with van der Waals surface area (Å²) in [5.41, 5.74) is 10.9. The zero-order chi connectivity index (χ0) is 14.2. The van der Waals surface area contributed by atoms with Crippen molar-refractivity contribution in [1.29, 1.82) is 0 Å². The van der Waals surface area contributed by atoms with Crippen LogP contribution < -0.4 is 5.73 Å². The highest BCUT2D eigenvalue weighted by Gasteiger charge is 2.09. The van der Waals surface area contributed by atoms with Crippen LogP contribution in [0.15, 0.2) is 60.8 Å². The van der Waals surface area contributed by atoms with Crippen LogP contribution in [0, 0.1) is 0 Å². The Hall–Kier alpha value is -2.88. The number of nitrogens with zero attached hydrogens (tertiary/aromatic N) is 3. The smallest absolute Gasteiger partial charge is 0.180 e. The number of nitrogen functional groups attached to an aromatic ring is 1. The predicted octanol–water partition coefficient (Wildman–Crippen LogP) is 3.06. The number of imidazole rings is 1. The number of nitrogens with two attached hydrogens (primary N) is 1. The van der Waals surface area contributed by atoms with Crippen LogP contribution in [0.1, 0.15) is 11.3 Å². The van der Waals surface area contributed by atoms with Crippen LogP contribution in [0.25, 0.3) is 16.7 Å². The number of aromatic nitrogens is 3. The monoisotopic (exact) mass is 274 g/mol. The number of rotatable bonds is 2. The zero-order valence-electron chi connectivity index (χ0n) is 11.4. The van der Waals surface area contributed by atoms with Crippen molar-refractivity contribution in [3.63, 3.8) is 0 Å². The number of benzene rings is 2. The molecule has 0 aliphatic carbocycles. The van der Waals surface area contributed by atoms with Gasteiger partial charge in [0.2, 0.25) is 0 Å². The minimum atomic E-state index is 0.472. The van der Waals surface area contributed by atoms with Gasteiger partial charge in [-0.1, -0.05) is 42.5 Å². The third kappa shape index (κ3) is 2.01.